The Kier molecular flexibility index (Phi) is 5.20. The number of carbonyl (C=O) groups excluding carboxylic acids is 1. The fraction of sp³-hybridized carbons (Fsp3) is 0.412. The maximum Gasteiger partial charge on any atom is 0.254 e. The van der Waals surface area contributed by atoms with Gasteiger partial charge in [-0.2, -0.15) is 5.10 Å². The van der Waals surface area contributed by atoms with E-state index in [4.69, 9.17) is 4.74 Å². The van der Waals surface area contributed by atoms with Crippen LogP contribution in [0.15, 0.2) is 36.7 Å². The molecule has 118 valence electrons. The number of aryl methyl sites for hydroxylation is 1. The largest absolute Gasteiger partial charge is 0.493 e. The van der Waals surface area contributed by atoms with Gasteiger partial charge in [0.1, 0.15) is 5.75 Å². The summed E-state index contributed by atoms with van der Waals surface area (Å²) in [6.45, 7) is 5.36. The van der Waals surface area contributed by atoms with Gasteiger partial charge in [-0.3, -0.25) is 9.48 Å². The highest BCUT2D eigenvalue weighted by atomic mass is 16.5. The molecule has 0 atom stereocenters. The summed E-state index contributed by atoms with van der Waals surface area (Å²) in [6, 6.07) is 7.33. The second kappa shape index (κ2) is 7.11. The van der Waals surface area contributed by atoms with Gasteiger partial charge in [0.15, 0.2) is 0 Å². The van der Waals surface area contributed by atoms with Gasteiger partial charge in [0, 0.05) is 38.0 Å². The smallest absolute Gasteiger partial charge is 0.254 e. The molecule has 0 N–H and O–H groups in total. The number of hydrogen-bond donors (Lipinski definition) is 0. The van der Waals surface area contributed by atoms with Gasteiger partial charge >= 0.3 is 0 Å². The van der Waals surface area contributed by atoms with Crippen molar-refractivity contribution in [2.45, 2.75) is 20.4 Å². The lowest BCUT2D eigenvalue weighted by molar-refractivity contribution is 0.0784. The van der Waals surface area contributed by atoms with Crippen LogP contribution in [-0.2, 0) is 13.6 Å². The van der Waals surface area contributed by atoms with Crippen molar-refractivity contribution in [1.82, 2.24) is 14.7 Å². The molecule has 0 aliphatic rings. The van der Waals surface area contributed by atoms with Crippen LogP contribution in [0.3, 0.4) is 0 Å². The Labute approximate surface area is 131 Å². The predicted molar refractivity (Wildman–Crippen MR) is 85.8 cm³/mol. The first-order chi connectivity index (χ1) is 10.5. The molecule has 0 fully saturated rings. The normalized spacial score (nSPS) is 10.8. The zero-order chi connectivity index (χ0) is 16.1. The topological polar surface area (TPSA) is 47.4 Å². The number of amides is 1. The minimum atomic E-state index is -0.0288. The number of nitrogens with zero attached hydrogens (tertiary/aromatic N) is 3. The molecule has 0 spiro atoms. The third-order valence-electron chi connectivity index (χ3n) is 3.19. The fourth-order valence-corrected chi connectivity index (χ4v) is 2.10. The predicted octanol–water partition coefficient (Wildman–Crippen LogP) is 2.73. The highest BCUT2D eigenvalue weighted by Gasteiger charge is 2.13. The molecule has 0 aliphatic heterocycles. The number of carbonyl (C=O) groups is 1. The molecule has 0 bridgehead atoms. The van der Waals surface area contributed by atoms with Gasteiger partial charge < -0.3 is 9.64 Å². The van der Waals surface area contributed by atoms with E-state index in [9.17, 15) is 4.79 Å². The second-order valence-electron chi connectivity index (χ2n) is 5.92. The van der Waals surface area contributed by atoms with Gasteiger partial charge in [-0.1, -0.05) is 19.9 Å². The van der Waals surface area contributed by atoms with Crippen molar-refractivity contribution in [2.75, 3.05) is 13.7 Å². The Morgan fingerprint density at radius 2 is 2.18 bits per heavy atom. The van der Waals surface area contributed by atoms with Crippen LogP contribution in [0.5, 0.6) is 5.75 Å². The van der Waals surface area contributed by atoms with E-state index in [2.05, 4.69) is 18.9 Å². The fourth-order valence-electron chi connectivity index (χ4n) is 2.10. The molecule has 0 saturated carbocycles. The third kappa shape index (κ3) is 4.35. The van der Waals surface area contributed by atoms with Crippen LogP contribution in [0.25, 0.3) is 0 Å². The average molecular weight is 301 g/mol. The molecule has 22 heavy (non-hydrogen) atoms. The molecule has 5 nitrogen and oxygen atoms in total. The molecule has 2 rings (SSSR count). The lowest BCUT2D eigenvalue weighted by Crippen LogP contribution is -2.26. The minimum absolute atomic E-state index is 0.0288. The maximum absolute atomic E-state index is 12.5. The van der Waals surface area contributed by atoms with Gasteiger partial charge in [-0.25, -0.2) is 0 Å². The molecule has 0 saturated heterocycles. The molecular formula is C17H23N3O2. The summed E-state index contributed by atoms with van der Waals surface area (Å²) in [7, 11) is 3.65. The molecule has 1 aromatic heterocycles. The van der Waals surface area contributed by atoms with Crippen LogP contribution < -0.4 is 4.74 Å². The molecule has 1 amide bonds. The van der Waals surface area contributed by atoms with Crippen LogP contribution in [0, 0.1) is 5.92 Å². The standard InChI is InChI=1S/C17H23N3O2/c1-13(2)12-22-16-7-5-6-15(8-16)17(21)19(3)10-14-9-18-20(4)11-14/h5-9,11,13H,10,12H2,1-4H3. The summed E-state index contributed by atoms with van der Waals surface area (Å²) in [6.07, 6.45) is 3.68. The lowest BCUT2D eigenvalue weighted by atomic mass is 10.2. The number of hydrogen-bond acceptors (Lipinski definition) is 3. The van der Waals surface area contributed by atoms with E-state index in [0.29, 0.717) is 24.6 Å². The first kappa shape index (κ1) is 16.1. The van der Waals surface area contributed by atoms with Crippen molar-refractivity contribution in [2.24, 2.45) is 13.0 Å². The first-order valence-corrected chi connectivity index (χ1v) is 7.41. The average Bonchev–Trinajstić information content (AvgIpc) is 2.89. The van der Waals surface area contributed by atoms with Crippen molar-refractivity contribution in [1.29, 1.82) is 0 Å². The second-order valence-corrected chi connectivity index (χ2v) is 5.92. The summed E-state index contributed by atoms with van der Waals surface area (Å²) in [5.41, 5.74) is 1.64. The van der Waals surface area contributed by atoms with Crippen LogP contribution in [0.2, 0.25) is 0 Å². The van der Waals surface area contributed by atoms with Crippen LogP contribution in [0.1, 0.15) is 29.8 Å². The van der Waals surface area contributed by atoms with Gasteiger partial charge in [-0.05, 0) is 24.1 Å². The van der Waals surface area contributed by atoms with Crippen molar-refractivity contribution in [3.05, 3.63) is 47.8 Å². The quantitative estimate of drug-likeness (QED) is 0.824. The summed E-state index contributed by atoms with van der Waals surface area (Å²) >= 11 is 0. The molecule has 0 aliphatic carbocycles. The Bertz CT molecular complexity index is 634. The van der Waals surface area contributed by atoms with Crippen molar-refractivity contribution in [3.63, 3.8) is 0 Å². The van der Waals surface area contributed by atoms with Gasteiger partial charge in [0.05, 0.1) is 12.8 Å². The Morgan fingerprint density at radius 1 is 1.41 bits per heavy atom. The van der Waals surface area contributed by atoms with Crippen molar-refractivity contribution < 1.29 is 9.53 Å². The molecule has 1 heterocycles. The summed E-state index contributed by atoms with van der Waals surface area (Å²) in [5, 5.41) is 4.12. The zero-order valence-corrected chi connectivity index (χ0v) is 13.6. The van der Waals surface area contributed by atoms with E-state index >= 15 is 0 Å². The lowest BCUT2D eigenvalue weighted by Gasteiger charge is -2.17. The van der Waals surface area contributed by atoms with Gasteiger partial charge in [0.2, 0.25) is 0 Å². The summed E-state index contributed by atoms with van der Waals surface area (Å²) in [4.78, 5) is 14.2. The molecule has 0 radical (unpaired) electrons. The minimum Gasteiger partial charge on any atom is -0.493 e. The monoisotopic (exact) mass is 301 g/mol. The summed E-state index contributed by atoms with van der Waals surface area (Å²) in [5.74, 6) is 1.15. The Morgan fingerprint density at radius 3 is 2.82 bits per heavy atom. The van der Waals surface area contributed by atoms with Gasteiger partial charge in [0.25, 0.3) is 5.91 Å². The van der Waals surface area contributed by atoms with E-state index in [1.54, 1.807) is 28.9 Å². The Hall–Kier alpha value is -2.30. The molecule has 2 aromatic rings. The number of aromatic nitrogens is 2. The number of ether oxygens (including phenoxy) is 1. The number of rotatable bonds is 6. The number of benzene rings is 1. The van der Waals surface area contributed by atoms with Crippen LogP contribution in [-0.4, -0.2) is 34.2 Å². The first-order valence-electron chi connectivity index (χ1n) is 7.41. The summed E-state index contributed by atoms with van der Waals surface area (Å²) < 4.78 is 7.41. The van der Waals surface area contributed by atoms with E-state index in [-0.39, 0.29) is 5.91 Å². The highest BCUT2D eigenvalue weighted by molar-refractivity contribution is 5.94. The van der Waals surface area contributed by atoms with E-state index in [1.165, 1.54) is 0 Å². The van der Waals surface area contributed by atoms with Crippen LogP contribution in [0.4, 0.5) is 0 Å². The molecular weight excluding hydrogens is 278 g/mol. The SMILES string of the molecule is CC(C)COc1cccc(C(=O)N(C)Cc2cnn(C)c2)c1. The van der Waals surface area contributed by atoms with Crippen molar-refractivity contribution >= 4 is 5.91 Å². The van der Waals surface area contributed by atoms with E-state index in [0.717, 1.165) is 11.3 Å². The molecule has 0 unspecified atom stereocenters. The van der Waals surface area contributed by atoms with E-state index < -0.39 is 0 Å². The van der Waals surface area contributed by atoms with Crippen molar-refractivity contribution in [3.8, 4) is 5.75 Å². The third-order valence-corrected chi connectivity index (χ3v) is 3.19. The van der Waals surface area contributed by atoms with Gasteiger partial charge in [-0.15, -0.1) is 0 Å². The Balaban J connectivity index is 2.03. The zero-order valence-electron chi connectivity index (χ0n) is 13.6. The van der Waals surface area contributed by atoms with E-state index in [1.807, 2.05) is 31.4 Å². The highest BCUT2D eigenvalue weighted by Crippen LogP contribution is 2.16. The van der Waals surface area contributed by atoms with Crippen LogP contribution >= 0.6 is 0 Å². The maximum atomic E-state index is 12.5. The molecule has 5 heteroatoms. The molecule has 1 aromatic carbocycles.